The minimum atomic E-state index is -0.810. The summed E-state index contributed by atoms with van der Waals surface area (Å²) in [6, 6.07) is 11.7. The van der Waals surface area contributed by atoms with Gasteiger partial charge in [-0.2, -0.15) is 0 Å². The molecule has 0 unspecified atom stereocenters. The number of rotatable bonds is 4. The summed E-state index contributed by atoms with van der Waals surface area (Å²) < 4.78 is 0. The van der Waals surface area contributed by atoms with Crippen molar-refractivity contribution in [2.24, 2.45) is 0 Å². The first kappa shape index (κ1) is 15.6. The highest BCUT2D eigenvalue weighted by Crippen LogP contribution is 2.28. The quantitative estimate of drug-likeness (QED) is 0.921. The van der Waals surface area contributed by atoms with Crippen molar-refractivity contribution in [2.75, 3.05) is 0 Å². The molecule has 1 aromatic carbocycles. The molecule has 0 aliphatic rings. The molecule has 1 N–H and O–H groups in total. The van der Waals surface area contributed by atoms with Crippen LogP contribution >= 0.6 is 11.8 Å². The Labute approximate surface area is 129 Å². The second kappa shape index (κ2) is 6.31. The second-order valence-electron chi connectivity index (χ2n) is 5.95. The van der Waals surface area contributed by atoms with Crippen LogP contribution in [0.15, 0.2) is 52.5 Å². The number of pyridine rings is 1. The van der Waals surface area contributed by atoms with Crippen LogP contribution in [0.4, 0.5) is 0 Å². The first-order valence-corrected chi connectivity index (χ1v) is 7.61. The van der Waals surface area contributed by atoms with Crippen molar-refractivity contribution in [2.45, 2.75) is 42.5 Å². The van der Waals surface area contributed by atoms with Crippen molar-refractivity contribution in [3.8, 4) is 0 Å². The molecule has 0 bridgehead atoms. The van der Waals surface area contributed by atoms with Crippen LogP contribution < -0.4 is 0 Å². The van der Waals surface area contributed by atoms with Crippen molar-refractivity contribution in [3.63, 3.8) is 0 Å². The summed E-state index contributed by atoms with van der Waals surface area (Å²) in [5, 5.41) is 9.69. The van der Waals surface area contributed by atoms with Gasteiger partial charge in [-0.15, -0.1) is 0 Å². The molecule has 0 saturated heterocycles. The smallest absolute Gasteiger partial charge is 0.307 e. The fourth-order valence-corrected chi connectivity index (χ4v) is 2.61. The summed E-state index contributed by atoms with van der Waals surface area (Å²) in [6.07, 6.45) is 1.98. The van der Waals surface area contributed by atoms with E-state index in [1.54, 1.807) is 11.8 Å². The zero-order valence-electron chi connectivity index (χ0n) is 12.5. The van der Waals surface area contributed by atoms with Gasteiger partial charge in [-0.3, -0.25) is 4.79 Å². The van der Waals surface area contributed by atoms with Gasteiger partial charge in [0.05, 0.1) is 6.42 Å². The van der Waals surface area contributed by atoms with E-state index in [2.05, 4.69) is 31.8 Å². The Morgan fingerprint density at radius 2 is 1.81 bits per heavy atom. The summed E-state index contributed by atoms with van der Waals surface area (Å²) in [7, 11) is 0. The fraction of sp³-hybridized carbons (Fsp3) is 0.294. The maximum absolute atomic E-state index is 10.6. The summed E-state index contributed by atoms with van der Waals surface area (Å²) >= 11 is 1.58. The molecule has 0 amide bonds. The zero-order valence-corrected chi connectivity index (χ0v) is 13.3. The first-order chi connectivity index (χ1) is 9.84. The number of aliphatic carboxylic acids is 1. The van der Waals surface area contributed by atoms with E-state index in [1.165, 1.54) is 5.56 Å². The Bertz CT molecular complexity index is 613. The molecule has 2 rings (SSSR count). The molecule has 0 aliphatic heterocycles. The summed E-state index contributed by atoms with van der Waals surface area (Å²) in [4.78, 5) is 16.2. The van der Waals surface area contributed by atoms with E-state index >= 15 is 0 Å². The Hall–Kier alpha value is -1.81. The number of hydrogen-bond acceptors (Lipinski definition) is 3. The van der Waals surface area contributed by atoms with Gasteiger partial charge in [0, 0.05) is 11.1 Å². The van der Waals surface area contributed by atoms with Gasteiger partial charge in [0.25, 0.3) is 0 Å². The predicted molar refractivity (Wildman–Crippen MR) is 84.8 cm³/mol. The van der Waals surface area contributed by atoms with Gasteiger partial charge in [-0.25, -0.2) is 4.98 Å². The summed E-state index contributed by atoms with van der Waals surface area (Å²) in [5.41, 5.74) is 2.13. The van der Waals surface area contributed by atoms with Crippen molar-refractivity contribution in [1.82, 2.24) is 4.98 Å². The lowest BCUT2D eigenvalue weighted by Crippen LogP contribution is -2.11. The minimum absolute atomic E-state index is 0.0590. The maximum Gasteiger partial charge on any atom is 0.307 e. The molecule has 110 valence electrons. The average molecular weight is 301 g/mol. The summed E-state index contributed by atoms with van der Waals surface area (Å²) in [5.74, 6) is -0.810. The highest BCUT2D eigenvalue weighted by Gasteiger charge is 2.13. The van der Waals surface area contributed by atoms with Gasteiger partial charge in [0.15, 0.2) is 0 Å². The predicted octanol–water partition coefficient (Wildman–Crippen LogP) is 4.16. The standard InChI is InChI=1S/C17H19NO2S/c1-17(2,3)13-6-9-15(18-11-13)21-14-7-4-12(5-8-14)10-16(19)20/h4-9,11H,10H2,1-3H3,(H,19,20). The van der Waals surface area contributed by atoms with E-state index in [0.717, 1.165) is 15.5 Å². The van der Waals surface area contributed by atoms with E-state index in [1.807, 2.05) is 36.5 Å². The van der Waals surface area contributed by atoms with Crippen molar-refractivity contribution in [3.05, 3.63) is 53.7 Å². The Kier molecular flexibility index (Phi) is 4.68. The van der Waals surface area contributed by atoms with Crippen LogP contribution in [0.3, 0.4) is 0 Å². The molecule has 3 nitrogen and oxygen atoms in total. The molecule has 2 aromatic rings. The zero-order chi connectivity index (χ0) is 15.5. The Morgan fingerprint density at radius 3 is 2.29 bits per heavy atom. The van der Waals surface area contributed by atoms with E-state index in [9.17, 15) is 4.79 Å². The van der Waals surface area contributed by atoms with E-state index < -0.39 is 5.97 Å². The van der Waals surface area contributed by atoms with Crippen LogP contribution in [0.5, 0.6) is 0 Å². The molecule has 0 radical (unpaired) electrons. The molecule has 0 saturated carbocycles. The minimum Gasteiger partial charge on any atom is -0.481 e. The number of carbonyl (C=O) groups is 1. The van der Waals surface area contributed by atoms with Gasteiger partial charge in [0.2, 0.25) is 0 Å². The molecule has 0 aliphatic carbocycles. The molecule has 1 aromatic heterocycles. The van der Waals surface area contributed by atoms with Gasteiger partial charge in [0.1, 0.15) is 5.03 Å². The number of carboxylic acids is 1. The van der Waals surface area contributed by atoms with E-state index in [0.29, 0.717) is 0 Å². The van der Waals surface area contributed by atoms with Crippen LogP contribution in [0.2, 0.25) is 0 Å². The highest BCUT2D eigenvalue weighted by molar-refractivity contribution is 7.99. The Balaban J connectivity index is 2.06. The van der Waals surface area contributed by atoms with Crippen LogP contribution in [0, 0.1) is 0 Å². The molecular weight excluding hydrogens is 282 g/mol. The topological polar surface area (TPSA) is 50.2 Å². The van der Waals surface area contributed by atoms with Crippen LogP contribution in [0.25, 0.3) is 0 Å². The SMILES string of the molecule is CC(C)(C)c1ccc(Sc2ccc(CC(=O)O)cc2)nc1. The first-order valence-electron chi connectivity index (χ1n) is 6.80. The van der Waals surface area contributed by atoms with Crippen molar-refractivity contribution >= 4 is 17.7 Å². The molecule has 0 spiro atoms. The average Bonchev–Trinajstić information content (AvgIpc) is 2.40. The van der Waals surface area contributed by atoms with Crippen molar-refractivity contribution < 1.29 is 9.90 Å². The molecule has 0 fully saturated rings. The maximum atomic E-state index is 10.6. The third kappa shape index (κ3) is 4.60. The van der Waals surface area contributed by atoms with Gasteiger partial charge >= 0.3 is 5.97 Å². The van der Waals surface area contributed by atoms with E-state index in [-0.39, 0.29) is 11.8 Å². The van der Waals surface area contributed by atoms with Crippen molar-refractivity contribution in [1.29, 1.82) is 0 Å². The lowest BCUT2D eigenvalue weighted by atomic mass is 9.88. The largest absolute Gasteiger partial charge is 0.481 e. The second-order valence-corrected chi connectivity index (χ2v) is 7.05. The molecule has 1 heterocycles. The number of nitrogens with zero attached hydrogens (tertiary/aromatic N) is 1. The van der Waals surface area contributed by atoms with Crippen LogP contribution in [-0.2, 0) is 16.6 Å². The lowest BCUT2D eigenvalue weighted by Gasteiger charge is -2.18. The van der Waals surface area contributed by atoms with Gasteiger partial charge < -0.3 is 5.11 Å². The highest BCUT2D eigenvalue weighted by atomic mass is 32.2. The Morgan fingerprint density at radius 1 is 1.14 bits per heavy atom. The lowest BCUT2D eigenvalue weighted by molar-refractivity contribution is -0.136. The molecular formula is C17H19NO2S. The van der Waals surface area contributed by atoms with Crippen LogP contribution in [-0.4, -0.2) is 16.1 Å². The number of aromatic nitrogens is 1. The number of benzene rings is 1. The van der Waals surface area contributed by atoms with Gasteiger partial charge in [-0.1, -0.05) is 50.7 Å². The molecule has 21 heavy (non-hydrogen) atoms. The fourth-order valence-electron chi connectivity index (χ4n) is 1.86. The molecule has 0 atom stereocenters. The number of hydrogen-bond donors (Lipinski definition) is 1. The third-order valence-corrected chi connectivity index (χ3v) is 4.06. The summed E-state index contributed by atoms with van der Waals surface area (Å²) in [6.45, 7) is 6.49. The van der Waals surface area contributed by atoms with E-state index in [4.69, 9.17) is 5.11 Å². The monoisotopic (exact) mass is 301 g/mol. The van der Waals surface area contributed by atoms with Gasteiger partial charge in [-0.05, 0) is 34.7 Å². The molecule has 4 heteroatoms. The normalized spacial score (nSPS) is 11.4. The van der Waals surface area contributed by atoms with Crippen LogP contribution in [0.1, 0.15) is 31.9 Å². The number of carboxylic acid groups (broad SMARTS) is 1. The third-order valence-electron chi connectivity index (χ3n) is 3.10.